The Bertz CT molecular complexity index is 296. The van der Waals surface area contributed by atoms with Gasteiger partial charge >= 0.3 is 0 Å². The van der Waals surface area contributed by atoms with E-state index in [2.05, 4.69) is 35.6 Å². The van der Waals surface area contributed by atoms with Gasteiger partial charge in [-0.15, -0.1) is 0 Å². The number of aromatic nitrogens is 2. The molecule has 0 aliphatic rings. The van der Waals surface area contributed by atoms with E-state index in [9.17, 15) is 0 Å². The van der Waals surface area contributed by atoms with Crippen molar-refractivity contribution in [3.8, 4) is 0 Å². The SMILES string of the molecule is CCOC(C)CNCc1cncn1C(C)C. The van der Waals surface area contributed by atoms with E-state index in [1.165, 1.54) is 5.69 Å². The largest absolute Gasteiger partial charge is 0.377 e. The molecule has 0 bridgehead atoms. The Hall–Kier alpha value is -0.870. The summed E-state index contributed by atoms with van der Waals surface area (Å²) in [5.74, 6) is 0. The summed E-state index contributed by atoms with van der Waals surface area (Å²) in [6.45, 7) is 10.9. The molecule has 92 valence electrons. The van der Waals surface area contributed by atoms with Crippen molar-refractivity contribution in [1.29, 1.82) is 0 Å². The first-order valence-corrected chi connectivity index (χ1v) is 5.98. The number of hydrogen-bond acceptors (Lipinski definition) is 3. The predicted molar refractivity (Wildman–Crippen MR) is 65.4 cm³/mol. The van der Waals surface area contributed by atoms with Crippen molar-refractivity contribution in [3.63, 3.8) is 0 Å². The van der Waals surface area contributed by atoms with Crippen LogP contribution < -0.4 is 5.32 Å². The normalized spacial score (nSPS) is 13.3. The average Bonchev–Trinajstić information content (AvgIpc) is 2.66. The highest BCUT2D eigenvalue weighted by molar-refractivity contribution is 4.99. The number of ether oxygens (including phenoxy) is 1. The molecule has 0 aliphatic carbocycles. The van der Waals surface area contributed by atoms with Crippen LogP contribution in [0.1, 0.15) is 39.4 Å². The molecule has 1 N–H and O–H groups in total. The van der Waals surface area contributed by atoms with Gasteiger partial charge in [0.15, 0.2) is 0 Å². The van der Waals surface area contributed by atoms with E-state index in [1.54, 1.807) is 0 Å². The summed E-state index contributed by atoms with van der Waals surface area (Å²) in [7, 11) is 0. The molecule has 1 rings (SSSR count). The summed E-state index contributed by atoms with van der Waals surface area (Å²) in [6.07, 6.45) is 4.06. The van der Waals surface area contributed by atoms with Gasteiger partial charge < -0.3 is 14.6 Å². The van der Waals surface area contributed by atoms with Crippen LogP contribution >= 0.6 is 0 Å². The van der Waals surface area contributed by atoms with E-state index in [1.807, 2.05) is 19.4 Å². The maximum Gasteiger partial charge on any atom is 0.0951 e. The summed E-state index contributed by atoms with van der Waals surface area (Å²) < 4.78 is 7.63. The van der Waals surface area contributed by atoms with Gasteiger partial charge in [0.25, 0.3) is 0 Å². The summed E-state index contributed by atoms with van der Waals surface area (Å²) in [4.78, 5) is 4.17. The van der Waals surface area contributed by atoms with Crippen molar-refractivity contribution in [1.82, 2.24) is 14.9 Å². The summed E-state index contributed by atoms with van der Waals surface area (Å²) in [5, 5.41) is 3.38. The van der Waals surface area contributed by atoms with Crippen molar-refractivity contribution >= 4 is 0 Å². The Morgan fingerprint density at radius 2 is 2.19 bits per heavy atom. The molecule has 4 heteroatoms. The first-order valence-electron chi connectivity index (χ1n) is 5.98. The van der Waals surface area contributed by atoms with Gasteiger partial charge in [-0.25, -0.2) is 4.98 Å². The molecule has 0 saturated carbocycles. The van der Waals surface area contributed by atoms with E-state index in [0.717, 1.165) is 19.7 Å². The molecule has 0 amide bonds. The van der Waals surface area contributed by atoms with E-state index in [0.29, 0.717) is 6.04 Å². The van der Waals surface area contributed by atoms with Gasteiger partial charge in [-0.1, -0.05) is 0 Å². The number of hydrogen-bond donors (Lipinski definition) is 1. The molecule has 0 aromatic carbocycles. The highest BCUT2D eigenvalue weighted by Crippen LogP contribution is 2.08. The molecule has 0 fully saturated rings. The Morgan fingerprint density at radius 1 is 1.44 bits per heavy atom. The lowest BCUT2D eigenvalue weighted by Crippen LogP contribution is -2.27. The second-order valence-corrected chi connectivity index (χ2v) is 4.28. The zero-order chi connectivity index (χ0) is 12.0. The maximum absolute atomic E-state index is 5.45. The van der Waals surface area contributed by atoms with Crippen LogP contribution in [0.15, 0.2) is 12.5 Å². The van der Waals surface area contributed by atoms with Crippen LogP contribution in [0.2, 0.25) is 0 Å². The van der Waals surface area contributed by atoms with Crippen LogP contribution in [0, 0.1) is 0 Å². The summed E-state index contributed by atoms with van der Waals surface area (Å²) in [6, 6.07) is 0.462. The van der Waals surface area contributed by atoms with E-state index in [-0.39, 0.29) is 6.10 Å². The lowest BCUT2D eigenvalue weighted by molar-refractivity contribution is 0.0758. The van der Waals surface area contributed by atoms with Crippen LogP contribution in [-0.2, 0) is 11.3 Å². The van der Waals surface area contributed by atoms with Gasteiger partial charge in [0.05, 0.1) is 18.1 Å². The fourth-order valence-corrected chi connectivity index (χ4v) is 1.68. The van der Waals surface area contributed by atoms with E-state index >= 15 is 0 Å². The summed E-state index contributed by atoms with van der Waals surface area (Å²) >= 11 is 0. The molecule has 16 heavy (non-hydrogen) atoms. The molecule has 0 spiro atoms. The van der Waals surface area contributed by atoms with E-state index < -0.39 is 0 Å². The molecule has 1 atom stereocenters. The summed E-state index contributed by atoms with van der Waals surface area (Å²) in [5.41, 5.74) is 1.22. The fourth-order valence-electron chi connectivity index (χ4n) is 1.68. The third-order valence-corrected chi connectivity index (χ3v) is 2.49. The number of imidazole rings is 1. The second kappa shape index (κ2) is 6.66. The van der Waals surface area contributed by atoms with Gasteiger partial charge in [0.1, 0.15) is 0 Å². The van der Waals surface area contributed by atoms with Crippen molar-refractivity contribution in [2.24, 2.45) is 0 Å². The van der Waals surface area contributed by atoms with Crippen LogP contribution in [0.5, 0.6) is 0 Å². The van der Waals surface area contributed by atoms with Gasteiger partial charge in [0, 0.05) is 31.9 Å². The molecule has 1 aromatic rings. The monoisotopic (exact) mass is 225 g/mol. The number of rotatable bonds is 7. The van der Waals surface area contributed by atoms with Crippen molar-refractivity contribution < 1.29 is 4.74 Å². The smallest absolute Gasteiger partial charge is 0.0951 e. The van der Waals surface area contributed by atoms with Crippen LogP contribution in [0.4, 0.5) is 0 Å². The molecule has 4 nitrogen and oxygen atoms in total. The molecule has 1 aromatic heterocycles. The molecule has 0 aliphatic heterocycles. The van der Waals surface area contributed by atoms with E-state index in [4.69, 9.17) is 4.74 Å². The molecule has 1 heterocycles. The zero-order valence-electron chi connectivity index (χ0n) is 10.7. The third-order valence-electron chi connectivity index (χ3n) is 2.49. The quantitative estimate of drug-likeness (QED) is 0.771. The second-order valence-electron chi connectivity index (χ2n) is 4.28. The lowest BCUT2D eigenvalue weighted by atomic mass is 10.3. The van der Waals surface area contributed by atoms with Crippen molar-refractivity contribution in [2.75, 3.05) is 13.2 Å². The van der Waals surface area contributed by atoms with Crippen LogP contribution in [0.25, 0.3) is 0 Å². The van der Waals surface area contributed by atoms with Crippen molar-refractivity contribution in [2.45, 2.75) is 46.4 Å². The topological polar surface area (TPSA) is 39.1 Å². The molecule has 1 unspecified atom stereocenters. The maximum atomic E-state index is 5.45. The molecule has 0 saturated heterocycles. The zero-order valence-corrected chi connectivity index (χ0v) is 10.7. The van der Waals surface area contributed by atoms with Crippen LogP contribution in [0.3, 0.4) is 0 Å². The third kappa shape index (κ3) is 3.94. The first-order chi connectivity index (χ1) is 7.65. The standard InChI is InChI=1S/C12H23N3O/c1-5-16-11(4)6-13-7-12-8-14-9-15(12)10(2)3/h8-11,13H,5-7H2,1-4H3. The minimum atomic E-state index is 0.264. The van der Waals surface area contributed by atoms with Crippen molar-refractivity contribution in [3.05, 3.63) is 18.2 Å². The molecular formula is C12H23N3O. The average molecular weight is 225 g/mol. The van der Waals surface area contributed by atoms with Gasteiger partial charge in [-0.3, -0.25) is 0 Å². The molecular weight excluding hydrogens is 202 g/mol. The Balaban J connectivity index is 2.34. The molecule has 0 radical (unpaired) electrons. The van der Waals surface area contributed by atoms with Gasteiger partial charge in [-0.2, -0.15) is 0 Å². The minimum absolute atomic E-state index is 0.264. The van der Waals surface area contributed by atoms with Crippen LogP contribution in [-0.4, -0.2) is 28.8 Å². The highest BCUT2D eigenvalue weighted by Gasteiger charge is 2.05. The number of nitrogens with zero attached hydrogens (tertiary/aromatic N) is 2. The Kier molecular flexibility index (Phi) is 5.49. The minimum Gasteiger partial charge on any atom is -0.377 e. The van der Waals surface area contributed by atoms with Gasteiger partial charge in [0.2, 0.25) is 0 Å². The Labute approximate surface area is 98.0 Å². The lowest BCUT2D eigenvalue weighted by Gasteiger charge is -2.15. The number of nitrogens with one attached hydrogen (secondary N) is 1. The predicted octanol–water partition coefficient (Wildman–Crippen LogP) is 1.98. The first kappa shape index (κ1) is 13.2. The van der Waals surface area contributed by atoms with Gasteiger partial charge in [-0.05, 0) is 27.7 Å². The fraction of sp³-hybridized carbons (Fsp3) is 0.750. The highest BCUT2D eigenvalue weighted by atomic mass is 16.5. The Morgan fingerprint density at radius 3 is 2.81 bits per heavy atom.